The quantitative estimate of drug-likeness (QED) is 0.826. The Balaban J connectivity index is 1.97. The number of H-pyrrole nitrogens is 1. The van der Waals surface area contributed by atoms with Crippen LogP contribution in [0, 0.1) is 5.82 Å². The van der Waals surface area contributed by atoms with Crippen LogP contribution in [-0.4, -0.2) is 23.1 Å². The van der Waals surface area contributed by atoms with Crippen LogP contribution in [0.25, 0.3) is 0 Å². The third-order valence-electron chi connectivity index (χ3n) is 2.68. The molecule has 106 valence electrons. The summed E-state index contributed by atoms with van der Waals surface area (Å²) in [6, 6.07) is 7.60. The summed E-state index contributed by atoms with van der Waals surface area (Å²) in [5, 5.41) is 0. The van der Waals surface area contributed by atoms with E-state index in [1.165, 1.54) is 12.1 Å². The van der Waals surface area contributed by atoms with E-state index >= 15 is 0 Å². The van der Waals surface area contributed by atoms with Crippen LogP contribution in [0.15, 0.2) is 35.1 Å². The van der Waals surface area contributed by atoms with Crippen LogP contribution >= 0.6 is 0 Å². The van der Waals surface area contributed by atoms with Gasteiger partial charge in [-0.15, -0.1) is 0 Å². The van der Waals surface area contributed by atoms with Crippen molar-refractivity contribution in [1.82, 2.24) is 9.97 Å². The van der Waals surface area contributed by atoms with Crippen LogP contribution in [0.1, 0.15) is 11.5 Å². The van der Waals surface area contributed by atoms with Gasteiger partial charge in [-0.25, -0.2) is 9.37 Å². The molecular formula is C14H16FN3O2. The molecule has 0 spiro atoms. The average Bonchev–Trinajstić information content (AvgIpc) is 2.41. The Labute approximate surface area is 115 Å². The molecule has 1 aromatic carbocycles. The van der Waals surface area contributed by atoms with E-state index in [0.717, 1.165) is 0 Å². The second-order valence-corrected chi connectivity index (χ2v) is 4.25. The highest BCUT2D eigenvalue weighted by atomic mass is 19.1. The van der Waals surface area contributed by atoms with Crippen LogP contribution in [0.3, 0.4) is 0 Å². The molecule has 0 aliphatic rings. The van der Waals surface area contributed by atoms with E-state index in [0.29, 0.717) is 30.9 Å². The molecule has 20 heavy (non-hydrogen) atoms. The largest absolute Gasteiger partial charge is 0.490 e. The molecule has 1 aromatic heterocycles. The van der Waals surface area contributed by atoms with Crippen LogP contribution in [-0.2, 0) is 12.8 Å². The summed E-state index contributed by atoms with van der Waals surface area (Å²) in [6.07, 6.45) is 0.938. The maximum atomic E-state index is 13.3. The molecule has 0 aliphatic carbocycles. The Morgan fingerprint density at radius 2 is 2.10 bits per heavy atom. The minimum atomic E-state index is -0.411. The van der Waals surface area contributed by atoms with Crippen LogP contribution < -0.4 is 16.0 Å². The molecule has 6 heteroatoms. The number of benzene rings is 1. The smallest absolute Gasteiger partial charge is 0.251 e. The van der Waals surface area contributed by atoms with E-state index in [2.05, 4.69) is 9.97 Å². The third-order valence-corrected chi connectivity index (χ3v) is 2.68. The normalized spacial score (nSPS) is 10.5. The summed E-state index contributed by atoms with van der Waals surface area (Å²) in [4.78, 5) is 18.3. The zero-order valence-electron chi connectivity index (χ0n) is 10.9. The SMILES string of the molecule is NCCc1cc(=O)[nH]c(CCOc2ccccc2F)n1. The van der Waals surface area contributed by atoms with Gasteiger partial charge in [-0.3, -0.25) is 4.79 Å². The minimum Gasteiger partial charge on any atom is -0.490 e. The Hall–Kier alpha value is -2.21. The van der Waals surface area contributed by atoms with E-state index in [-0.39, 0.29) is 17.9 Å². The molecular weight excluding hydrogens is 261 g/mol. The predicted molar refractivity (Wildman–Crippen MR) is 73.2 cm³/mol. The number of rotatable bonds is 6. The Morgan fingerprint density at radius 3 is 2.85 bits per heavy atom. The van der Waals surface area contributed by atoms with Crippen molar-refractivity contribution in [3.8, 4) is 5.75 Å². The van der Waals surface area contributed by atoms with Gasteiger partial charge in [0.1, 0.15) is 5.82 Å². The van der Waals surface area contributed by atoms with E-state index in [1.54, 1.807) is 18.2 Å². The maximum absolute atomic E-state index is 13.3. The first kappa shape index (κ1) is 14.2. The molecule has 0 saturated heterocycles. The molecule has 0 unspecified atom stereocenters. The van der Waals surface area contributed by atoms with E-state index in [4.69, 9.17) is 10.5 Å². The van der Waals surface area contributed by atoms with Crippen molar-refractivity contribution in [2.24, 2.45) is 5.73 Å². The van der Waals surface area contributed by atoms with Crippen molar-refractivity contribution < 1.29 is 9.13 Å². The number of nitrogens with two attached hydrogens (primary N) is 1. The number of nitrogens with zero attached hydrogens (tertiary/aromatic N) is 1. The minimum absolute atomic E-state index is 0.188. The van der Waals surface area contributed by atoms with Crippen molar-refractivity contribution in [2.75, 3.05) is 13.2 Å². The van der Waals surface area contributed by atoms with Gasteiger partial charge >= 0.3 is 0 Å². The number of halogens is 1. The zero-order chi connectivity index (χ0) is 14.4. The molecule has 5 nitrogen and oxygen atoms in total. The number of aromatic amines is 1. The zero-order valence-corrected chi connectivity index (χ0v) is 10.9. The fourth-order valence-corrected chi connectivity index (χ4v) is 1.78. The van der Waals surface area contributed by atoms with E-state index in [9.17, 15) is 9.18 Å². The summed E-state index contributed by atoms with van der Waals surface area (Å²) in [5.74, 6) is 0.288. The number of nitrogens with one attached hydrogen (secondary N) is 1. The maximum Gasteiger partial charge on any atom is 0.251 e. The number of para-hydroxylation sites is 1. The number of hydrogen-bond donors (Lipinski definition) is 2. The molecule has 0 bridgehead atoms. The fraction of sp³-hybridized carbons (Fsp3) is 0.286. The monoisotopic (exact) mass is 277 g/mol. The topological polar surface area (TPSA) is 81.0 Å². The Morgan fingerprint density at radius 1 is 1.30 bits per heavy atom. The van der Waals surface area contributed by atoms with Crippen molar-refractivity contribution in [3.63, 3.8) is 0 Å². The molecule has 2 aromatic rings. The van der Waals surface area contributed by atoms with Gasteiger partial charge in [-0.1, -0.05) is 12.1 Å². The van der Waals surface area contributed by atoms with Gasteiger partial charge in [0.2, 0.25) is 0 Å². The van der Waals surface area contributed by atoms with Gasteiger partial charge < -0.3 is 15.5 Å². The lowest BCUT2D eigenvalue weighted by atomic mass is 10.3. The summed E-state index contributed by atoms with van der Waals surface area (Å²) in [5.41, 5.74) is 5.87. The standard InChI is InChI=1S/C14H16FN3O2/c15-11-3-1-2-4-12(11)20-8-6-13-17-10(5-7-16)9-14(19)18-13/h1-4,9H,5-8,16H2,(H,17,18,19). The van der Waals surface area contributed by atoms with Crippen molar-refractivity contribution in [1.29, 1.82) is 0 Å². The number of hydrogen-bond acceptors (Lipinski definition) is 4. The predicted octanol–water partition coefficient (Wildman–Crippen LogP) is 1.03. The molecule has 0 fully saturated rings. The van der Waals surface area contributed by atoms with Gasteiger partial charge in [0.05, 0.1) is 6.61 Å². The van der Waals surface area contributed by atoms with Gasteiger partial charge in [-0.05, 0) is 18.7 Å². The van der Waals surface area contributed by atoms with Crippen molar-refractivity contribution >= 4 is 0 Å². The summed E-state index contributed by atoms with van der Waals surface area (Å²) >= 11 is 0. The van der Waals surface area contributed by atoms with Crippen LogP contribution in [0.5, 0.6) is 5.75 Å². The van der Waals surface area contributed by atoms with Gasteiger partial charge in [0.15, 0.2) is 11.6 Å². The lowest BCUT2D eigenvalue weighted by Gasteiger charge is -2.07. The van der Waals surface area contributed by atoms with Gasteiger partial charge in [0, 0.05) is 24.6 Å². The average molecular weight is 277 g/mol. The van der Waals surface area contributed by atoms with Crippen molar-refractivity contribution in [2.45, 2.75) is 12.8 Å². The Kier molecular flexibility index (Phi) is 4.84. The van der Waals surface area contributed by atoms with Crippen molar-refractivity contribution in [3.05, 3.63) is 58.0 Å². The van der Waals surface area contributed by atoms with Gasteiger partial charge in [-0.2, -0.15) is 0 Å². The molecule has 1 heterocycles. The lowest BCUT2D eigenvalue weighted by Crippen LogP contribution is -2.17. The summed E-state index contributed by atoms with van der Waals surface area (Å²) in [7, 11) is 0. The number of aromatic nitrogens is 2. The molecule has 0 saturated carbocycles. The highest BCUT2D eigenvalue weighted by Gasteiger charge is 2.04. The Bertz CT molecular complexity index is 628. The van der Waals surface area contributed by atoms with E-state index < -0.39 is 5.82 Å². The molecule has 0 atom stereocenters. The highest BCUT2D eigenvalue weighted by molar-refractivity contribution is 5.23. The molecule has 0 radical (unpaired) electrons. The first-order valence-electron chi connectivity index (χ1n) is 6.35. The molecule has 0 aliphatic heterocycles. The first-order valence-corrected chi connectivity index (χ1v) is 6.35. The second kappa shape index (κ2) is 6.81. The molecule has 3 N–H and O–H groups in total. The highest BCUT2D eigenvalue weighted by Crippen LogP contribution is 2.15. The lowest BCUT2D eigenvalue weighted by molar-refractivity contribution is 0.302. The fourth-order valence-electron chi connectivity index (χ4n) is 1.78. The second-order valence-electron chi connectivity index (χ2n) is 4.25. The van der Waals surface area contributed by atoms with Crippen LogP contribution in [0.4, 0.5) is 4.39 Å². The first-order chi connectivity index (χ1) is 9.69. The summed E-state index contributed by atoms with van der Waals surface area (Å²) < 4.78 is 18.7. The van der Waals surface area contributed by atoms with Gasteiger partial charge in [0.25, 0.3) is 5.56 Å². The third kappa shape index (κ3) is 3.89. The molecule has 2 rings (SSSR count). The van der Waals surface area contributed by atoms with E-state index in [1.807, 2.05) is 0 Å². The summed E-state index contributed by atoms with van der Waals surface area (Å²) in [6.45, 7) is 0.664. The molecule has 0 amide bonds. The van der Waals surface area contributed by atoms with Crippen LogP contribution in [0.2, 0.25) is 0 Å². The number of ether oxygens (including phenoxy) is 1.